The molecular weight excluding hydrogens is 346 g/mol. The van der Waals surface area contributed by atoms with Gasteiger partial charge in [-0.1, -0.05) is 70.5 Å². The average molecular weight is 382 g/mol. The molecule has 0 heterocycles. The molecule has 2 atom stereocenters. The molecule has 0 aromatic heterocycles. The first-order chi connectivity index (χ1) is 13.2. The number of nitrogens with one attached hydrogen (secondary N) is 1. The van der Waals surface area contributed by atoms with Crippen molar-refractivity contribution in [3.8, 4) is 5.75 Å². The Kier molecular flexibility index (Phi) is 7.29. The van der Waals surface area contributed by atoms with Crippen molar-refractivity contribution >= 4 is 5.91 Å². The zero-order valence-electron chi connectivity index (χ0n) is 18.4. The number of hydrogen-bond acceptors (Lipinski definition) is 2. The highest BCUT2D eigenvalue weighted by Crippen LogP contribution is 2.26. The highest BCUT2D eigenvalue weighted by Gasteiger charge is 2.23. The molecule has 3 heteroatoms. The quantitative estimate of drug-likeness (QED) is 0.636. The Hall–Kier alpha value is -2.29. The fraction of sp³-hybridized carbons (Fsp3) is 0.480. The van der Waals surface area contributed by atoms with Crippen LogP contribution in [0.4, 0.5) is 0 Å². The van der Waals surface area contributed by atoms with E-state index in [2.05, 4.69) is 77.2 Å². The molecule has 2 aromatic carbocycles. The van der Waals surface area contributed by atoms with Crippen molar-refractivity contribution in [1.82, 2.24) is 5.32 Å². The van der Waals surface area contributed by atoms with Crippen LogP contribution < -0.4 is 10.1 Å². The van der Waals surface area contributed by atoms with Gasteiger partial charge in [0.1, 0.15) is 5.75 Å². The predicted molar refractivity (Wildman–Crippen MR) is 117 cm³/mol. The molecule has 3 nitrogen and oxygen atoms in total. The summed E-state index contributed by atoms with van der Waals surface area (Å²) in [7, 11) is 0. The first-order valence-corrected chi connectivity index (χ1v) is 10.3. The fourth-order valence-corrected chi connectivity index (χ4v) is 3.40. The zero-order valence-corrected chi connectivity index (χ0v) is 18.4. The minimum absolute atomic E-state index is 0.00554. The van der Waals surface area contributed by atoms with Crippen molar-refractivity contribution in [2.24, 2.45) is 0 Å². The van der Waals surface area contributed by atoms with Crippen LogP contribution in [0.25, 0.3) is 0 Å². The smallest absolute Gasteiger partial charge is 0.261 e. The normalized spacial score (nSPS) is 13.7. The second-order valence-corrected chi connectivity index (χ2v) is 8.62. The van der Waals surface area contributed by atoms with Crippen LogP contribution in [0.2, 0.25) is 0 Å². The van der Waals surface area contributed by atoms with E-state index in [4.69, 9.17) is 4.74 Å². The van der Waals surface area contributed by atoms with E-state index in [0.29, 0.717) is 6.42 Å². The zero-order chi connectivity index (χ0) is 20.9. The molecule has 28 heavy (non-hydrogen) atoms. The maximum atomic E-state index is 12.9. The van der Waals surface area contributed by atoms with Crippen LogP contribution in [0.15, 0.2) is 42.5 Å². The lowest BCUT2D eigenvalue weighted by atomic mass is 9.87. The molecule has 0 fully saturated rings. The average Bonchev–Trinajstić information content (AvgIpc) is 2.64. The van der Waals surface area contributed by atoms with Gasteiger partial charge in [-0.15, -0.1) is 0 Å². The number of amides is 1. The molecule has 2 rings (SSSR count). The third-order valence-corrected chi connectivity index (χ3v) is 5.19. The Balaban J connectivity index is 2.09. The lowest BCUT2D eigenvalue weighted by Gasteiger charge is -2.24. The summed E-state index contributed by atoms with van der Waals surface area (Å²) in [6.45, 7) is 14.8. The van der Waals surface area contributed by atoms with Gasteiger partial charge < -0.3 is 10.1 Å². The van der Waals surface area contributed by atoms with E-state index >= 15 is 0 Å². The summed E-state index contributed by atoms with van der Waals surface area (Å²) in [5.74, 6) is 0.670. The van der Waals surface area contributed by atoms with Crippen LogP contribution >= 0.6 is 0 Å². The van der Waals surface area contributed by atoms with Crippen molar-refractivity contribution in [3.63, 3.8) is 0 Å². The van der Waals surface area contributed by atoms with Crippen molar-refractivity contribution < 1.29 is 9.53 Å². The first kappa shape index (κ1) is 22.0. The summed E-state index contributed by atoms with van der Waals surface area (Å²) in [5.41, 5.74) is 4.96. The molecule has 1 amide bonds. The van der Waals surface area contributed by atoms with E-state index < -0.39 is 6.10 Å². The van der Waals surface area contributed by atoms with Crippen molar-refractivity contribution in [1.29, 1.82) is 0 Å². The van der Waals surface area contributed by atoms with E-state index in [-0.39, 0.29) is 17.4 Å². The predicted octanol–water partition coefficient (Wildman–Crippen LogP) is 6.03. The Morgan fingerprint density at radius 1 is 1.00 bits per heavy atom. The second-order valence-electron chi connectivity index (χ2n) is 8.62. The number of carbonyl (C=O) groups is 1. The highest BCUT2D eigenvalue weighted by molar-refractivity contribution is 5.81. The van der Waals surface area contributed by atoms with Gasteiger partial charge >= 0.3 is 0 Å². The molecule has 2 aromatic rings. The van der Waals surface area contributed by atoms with Gasteiger partial charge in [-0.25, -0.2) is 0 Å². The lowest BCUT2D eigenvalue weighted by Crippen LogP contribution is -2.40. The third kappa shape index (κ3) is 5.60. The number of hydrogen-bond donors (Lipinski definition) is 1. The summed E-state index contributed by atoms with van der Waals surface area (Å²) in [6.07, 6.45) is 0.961. The van der Waals surface area contributed by atoms with Gasteiger partial charge in [0.2, 0.25) is 0 Å². The van der Waals surface area contributed by atoms with Gasteiger partial charge in [0.25, 0.3) is 5.91 Å². The van der Waals surface area contributed by atoms with Crippen molar-refractivity contribution in [2.75, 3.05) is 0 Å². The van der Waals surface area contributed by atoms with Gasteiger partial charge in [0.15, 0.2) is 6.10 Å². The molecule has 152 valence electrons. The molecule has 0 aliphatic heterocycles. The molecule has 0 unspecified atom stereocenters. The molecule has 0 bridgehead atoms. The fourth-order valence-electron chi connectivity index (χ4n) is 3.40. The van der Waals surface area contributed by atoms with E-state index in [1.807, 2.05) is 19.1 Å². The molecule has 0 aliphatic rings. The van der Waals surface area contributed by atoms with Crippen molar-refractivity contribution in [2.45, 2.75) is 78.9 Å². The van der Waals surface area contributed by atoms with Gasteiger partial charge in [-0.3, -0.25) is 4.79 Å². The highest BCUT2D eigenvalue weighted by atomic mass is 16.5. The van der Waals surface area contributed by atoms with Crippen LogP contribution in [-0.4, -0.2) is 12.0 Å². The summed E-state index contributed by atoms with van der Waals surface area (Å²) >= 11 is 0. The van der Waals surface area contributed by atoms with Crippen molar-refractivity contribution in [3.05, 3.63) is 64.7 Å². The summed E-state index contributed by atoms with van der Waals surface area (Å²) in [5, 5.41) is 3.19. The third-order valence-electron chi connectivity index (χ3n) is 5.19. The summed E-state index contributed by atoms with van der Waals surface area (Å²) < 4.78 is 6.01. The number of rotatable bonds is 7. The Morgan fingerprint density at radius 3 is 2.14 bits per heavy atom. The van der Waals surface area contributed by atoms with E-state index in [0.717, 1.165) is 12.2 Å². The molecule has 0 spiro atoms. The molecule has 1 N–H and O–H groups in total. The van der Waals surface area contributed by atoms with E-state index in [1.54, 1.807) is 0 Å². The summed E-state index contributed by atoms with van der Waals surface area (Å²) in [4.78, 5) is 12.9. The summed E-state index contributed by atoms with van der Waals surface area (Å²) in [6, 6.07) is 14.4. The van der Waals surface area contributed by atoms with Crippen LogP contribution in [0, 0.1) is 13.8 Å². The lowest BCUT2D eigenvalue weighted by molar-refractivity contribution is -0.128. The first-order valence-electron chi connectivity index (χ1n) is 10.3. The Labute approximate surface area is 170 Å². The number of benzene rings is 2. The van der Waals surface area contributed by atoms with Gasteiger partial charge in [0, 0.05) is 0 Å². The molecular formula is C25H35NO2. The Bertz CT molecular complexity index is 787. The van der Waals surface area contributed by atoms with Crippen LogP contribution in [0.1, 0.15) is 75.8 Å². The maximum Gasteiger partial charge on any atom is 0.261 e. The molecule has 0 radical (unpaired) electrons. The molecule has 0 saturated heterocycles. The number of aryl methyl sites for hydroxylation is 2. The van der Waals surface area contributed by atoms with E-state index in [9.17, 15) is 4.79 Å². The van der Waals surface area contributed by atoms with Gasteiger partial charge in [-0.2, -0.15) is 0 Å². The molecule has 0 saturated carbocycles. The SMILES string of the molecule is CC[C@@H](Oc1ccc(C(C)(C)C)cc1)C(=O)N[C@H](CC)c1ccc(C)cc1C. The topological polar surface area (TPSA) is 38.3 Å². The minimum atomic E-state index is -0.500. The maximum absolute atomic E-state index is 12.9. The number of carbonyl (C=O) groups excluding carboxylic acids is 1. The van der Waals surface area contributed by atoms with Crippen LogP contribution in [0.3, 0.4) is 0 Å². The standard InChI is InChI=1S/C25H35NO2/c1-8-22(21-15-10-17(3)16-18(21)4)26-24(27)23(9-2)28-20-13-11-19(12-14-20)25(5,6)7/h10-16,22-23H,8-9H2,1-7H3,(H,26,27)/t22-,23-/m1/s1. The van der Waals surface area contributed by atoms with E-state index in [1.165, 1.54) is 22.3 Å². The molecule has 0 aliphatic carbocycles. The monoisotopic (exact) mass is 381 g/mol. The van der Waals surface area contributed by atoms with Gasteiger partial charge in [-0.05, 0) is 60.9 Å². The minimum Gasteiger partial charge on any atom is -0.481 e. The Morgan fingerprint density at radius 2 is 1.64 bits per heavy atom. The number of ether oxygens (including phenoxy) is 1. The van der Waals surface area contributed by atoms with Crippen LogP contribution in [-0.2, 0) is 10.2 Å². The van der Waals surface area contributed by atoms with Crippen LogP contribution in [0.5, 0.6) is 5.75 Å². The van der Waals surface area contributed by atoms with Gasteiger partial charge in [0.05, 0.1) is 6.04 Å². The largest absolute Gasteiger partial charge is 0.481 e. The second kappa shape index (κ2) is 9.27.